The smallest absolute Gasteiger partial charge is 0.305 e. The number of hydrogen-bond acceptors (Lipinski definition) is 7. The fraction of sp³-hybridized carbons (Fsp3) is 0.500. The normalized spacial score (nSPS) is 12.5. The van der Waals surface area contributed by atoms with Crippen molar-refractivity contribution >= 4 is 17.5 Å². The van der Waals surface area contributed by atoms with E-state index in [1.165, 1.54) is 16.2 Å². The molecule has 9 heteroatoms. The number of hydrogen-bond donors (Lipinski definition) is 1. The van der Waals surface area contributed by atoms with E-state index in [0.717, 1.165) is 4.88 Å². The van der Waals surface area contributed by atoms with Crippen molar-refractivity contribution in [3.8, 4) is 10.7 Å². The summed E-state index contributed by atoms with van der Waals surface area (Å²) in [7, 11) is 0. The van der Waals surface area contributed by atoms with E-state index in [9.17, 15) is 4.79 Å². The molecular weight excluding hydrogens is 244 g/mol. The molecule has 0 spiro atoms. The van der Waals surface area contributed by atoms with Crippen LogP contribution in [0.4, 0.5) is 0 Å². The molecule has 2 aromatic heterocycles. The quantitative estimate of drug-likeness (QED) is 0.833. The molecule has 0 fully saturated rings. The Hall–Kier alpha value is -1.90. The lowest BCUT2D eigenvalue weighted by atomic mass is 10.1. The van der Waals surface area contributed by atoms with Crippen molar-refractivity contribution in [2.75, 3.05) is 0 Å². The van der Waals surface area contributed by atoms with Gasteiger partial charge in [-0.2, -0.15) is 0 Å². The van der Waals surface area contributed by atoms with Crippen LogP contribution < -0.4 is 0 Å². The fourth-order valence-electron chi connectivity index (χ4n) is 1.47. The van der Waals surface area contributed by atoms with Gasteiger partial charge in [0.25, 0.3) is 0 Å². The SMILES string of the molecule is CCC(CC(=O)O)n1nnnc1-c1cnns1. The number of aliphatic carboxylic acids is 1. The Kier molecular flexibility index (Phi) is 3.38. The molecule has 1 atom stereocenters. The van der Waals surface area contributed by atoms with E-state index in [4.69, 9.17) is 5.11 Å². The van der Waals surface area contributed by atoms with Gasteiger partial charge in [0.05, 0.1) is 18.7 Å². The molecule has 0 aliphatic carbocycles. The van der Waals surface area contributed by atoms with Crippen LogP contribution >= 0.6 is 11.5 Å². The summed E-state index contributed by atoms with van der Waals surface area (Å²) in [6.45, 7) is 1.89. The number of rotatable bonds is 5. The monoisotopic (exact) mass is 254 g/mol. The van der Waals surface area contributed by atoms with Crippen LogP contribution in [-0.4, -0.2) is 40.9 Å². The van der Waals surface area contributed by atoms with Crippen LogP contribution in [0.5, 0.6) is 0 Å². The number of carboxylic acids is 1. The molecule has 0 saturated carbocycles. The minimum atomic E-state index is -0.874. The highest BCUT2D eigenvalue weighted by atomic mass is 32.1. The molecule has 2 heterocycles. The molecule has 0 amide bonds. The van der Waals surface area contributed by atoms with Gasteiger partial charge in [-0.3, -0.25) is 4.79 Å². The van der Waals surface area contributed by atoms with Gasteiger partial charge in [0.2, 0.25) is 0 Å². The maximum absolute atomic E-state index is 10.8. The van der Waals surface area contributed by atoms with E-state index in [0.29, 0.717) is 12.2 Å². The van der Waals surface area contributed by atoms with Gasteiger partial charge in [-0.25, -0.2) is 4.68 Å². The number of carbonyl (C=O) groups is 1. The predicted octanol–water partition coefficient (Wildman–Crippen LogP) is 0.617. The summed E-state index contributed by atoms with van der Waals surface area (Å²) in [5.74, 6) is -0.367. The van der Waals surface area contributed by atoms with Crippen molar-refractivity contribution < 1.29 is 9.90 Å². The van der Waals surface area contributed by atoms with Crippen LogP contribution in [0.25, 0.3) is 10.7 Å². The van der Waals surface area contributed by atoms with Gasteiger partial charge < -0.3 is 5.11 Å². The first-order chi connectivity index (χ1) is 8.22. The van der Waals surface area contributed by atoms with Crippen LogP contribution in [0.1, 0.15) is 25.8 Å². The second kappa shape index (κ2) is 4.95. The standard InChI is InChI=1S/C8H10N6O2S/c1-2-5(3-7(15)16)14-8(10-11-12-14)6-4-9-13-17-6/h4-5H,2-3H2,1H3,(H,15,16). The Balaban J connectivity index is 2.32. The molecule has 1 unspecified atom stereocenters. The average molecular weight is 254 g/mol. The van der Waals surface area contributed by atoms with E-state index in [2.05, 4.69) is 25.1 Å². The predicted molar refractivity (Wildman–Crippen MR) is 58.3 cm³/mol. The van der Waals surface area contributed by atoms with Crippen molar-refractivity contribution in [2.24, 2.45) is 0 Å². The highest BCUT2D eigenvalue weighted by Gasteiger charge is 2.20. The molecule has 90 valence electrons. The van der Waals surface area contributed by atoms with Gasteiger partial charge in [-0.15, -0.1) is 10.2 Å². The Morgan fingerprint density at radius 1 is 1.65 bits per heavy atom. The number of carboxylic acid groups (broad SMARTS) is 1. The van der Waals surface area contributed by atoms with E-state index in [1.807, 2.05) is 6.92 Å². The van der Waals surface area contributed by atoms with Crippen LogP contribution in [0, 0.1) is 0 Å². The third kappa shape index (κ3) is 2.44. The zero-order chi connectivity index (χ0) is 12.3. The first-order valence-corrected chi connectivity index (χ1v) is 5.77. The molecule has 2 rings (SSSR count). The van der Waals surface area contributed by atoms with E-state index in [-0.39, 0.29) is 12.5 Å². The summed E-state index contributed by atoms with van der Waals surface area (Å²) in [5, 5.41) is 23.8. The van der Waals surface area contributed by atoms with Gasteiger partial charge in [0.1, 0.15) is 4.88 Å². The third-order valence-electron chi connectivity index (χ3n) is 2.30. The largest absolute Gasteiger partial charge is 0.481 e. The van der Waals surface area contributed by atoms with Crippen molar-refractivity contribution in [2.45, 2.75) is 25.8 Å². The van der Waals surface area contributed by atoms with Crippen molar-refractivity contribution in [3.05, 3.63) is 6.20 Å². The van der Waals surface area contributed by atoms with Gasteiger partial charge in [0, 0.05) is 0 Å². The minimum Gasteiger partial charge on any atom is -0.481 e. The summed E-state index contributed by atoms with van der Waals surface area (Å²) in [4.78, 5) is 11.5. The summed E-state index contributed by atoms with van der Waals surface area (Å²) in [6.07, 6.45) is 2.18. The molecular formula is C8H10N6O2S. The first kappa shape index (κ1) is 11.6. The molecule has 0 aliphatic heterocycles. The second-order valence-corrected chi connectivity index (χ2v) is 4.17. The Labute approximate surface area is 100 Å². The van der Waals surface area contributed by atoms with Crippen LogP contribution in [-0.2, 0) is 4.79 Å². The molecule has 8 nitrogen and oxygen atoms in total. The zero-order valence-electron chi connectivity index (χ0n) is 9.02. The summed E-state index contributed by atoms with van der Waals surface area (Å²) >= 11 is 1.17. The van der Waals surface area contributed by atoms with Gasteiger partial charge in [-0.05, 0) is 28.4 Å². The van der Waals surface area contributed by atoms with E-state index >= 15 is 0 Å². The average Bonchev–Trinajstić information content (AvgIpc) is 2.94. The zero-order valence-corrected chi connectivity index (χ0v) is 9.83. The summed E-state index contributed by atoms with van der Waals surface area (Å²) in [5.41, 5.74) is 0. The maximum atomic E-state index is 10.8. The molecule has 0 saturated heterocycles. The molecule has 0 bridgehead atoms. The van der Waals surface area contributed by atoms with Gasteiger partial charge in [0.15, 0.2) is 5.82 Å². The Morgan fingerprint density at radius 2 is 2.47 bits per heavy atom. The maximum Gasteiger partial charge on any atom is 0.305 e. The second-order valence-electron chi connectivity index (χ2n) is 3.39. The number of tetrazole rings is 1. The topological polar surface area (TPSA) is 107 Å². The Morgan fingerprint density at radius 3 is 3.06 bits per heavy atom. The minimum absolute atomic E-state index is 0.0131. The van der Waals surface area contributed by atoms with E-state index in [1.54, 1.807) is 6.20 Å². The lowest BCUT2D eigenvalue weighted by Gasteiger charge is -2.13. The van der Waals surface area contributed by atoms with Gasteiger partial charge in [-0.1, -0.05) is 11.4 Å². The Bertz CT molecular complexity index is 496. The van der Waals surface area contributed by atoms with E-state index < -0.39 is 5.97 Å². The van der Waals surface area contributed by atoms with Crippen molar-refractivity contribution in [1.82, 2.24) is 29.8 Å². The van der Waals surface area contributed by atoms with Crippen LogP contribution in [0.3, 0.4) is 0 Å². The molecule has 0 radical (unpaired) electrons. The van der Waals surface area contributed by atoms with Crippen molar-refractivity contribution in [3.63, 3.8) is 0 Å². The lowest BCUT2D eigenvalue weighted by molar-refractivity contribution is -0.138. The number of aromatic nitrogens is 6. The summed E-state index contributed by atoms with van der Waals surface area (Å²) < 4.78 is 5.25. The van der Waals surface area contributed by atoms with Gasteiger partial charge >= 0.3 is 5.97 Å². The van der Waals surface area contributed by atoms with Crippen LogP contribution in [0.15, 0.2) is 6.20 Å². The molecule has 0 aromatic carbocycles. The first-order valence-electron chi connectivity index (χ1n) is 4.99. The lowest BCUT2D eigenvalue weighted by Crippen LogP contribution is -2.15. The highest BCUT2D eigenvalue weighted by Crippen LogP contribution is 2.24. The van der Waals surface area contributed by atoms with Crippen molar-refractivity contribution in [1.29, 1.82) is 0 Å². The molecule has 17 heavy (non-hydrogen) atoms. The number of nitrogens with zero attached hydrogens (tertiary/aromatic N) is 6. The highest BCUT2D eigenvalue weighted by molar-refractivity contribution is 7.09. The molecule has 2 aromatic rings. The fourth-order valence-corrected chi connectivity index (χ4v) is 1.97. The molecule has 1 N–H and O–H groups in total. The molecule has 0 aliphatic rings. The van der Waals surface area contributed by atoms with Crippen LogP contribution in [0.2, 0.25) is 0 Å². The summed E-state index contributed by atoms with van der Waals surface area (Å²) in [6, 6.07) is -0.264. The third-order valence-corrected chi connectivity index (χ3v) is 2.96.